The van der Waals surface area contributed by atoms with E-state index >= 15 is 0 Å². The van der Waals surface area contributed by atoms with Gasteiger partial charge >= 0.3 is 0 Å². The van der Waals surface area contributed by atoms with Gasteiger partial charge in [-0.05, 0) is 54.6 Å². The van der Waals surface area contributed by atoms with Gasteiger partial charge in [0.1, 0.15) is 6.54 Å². The van der Waals surface area contributed by atoms with Crippen LogP contribution < -0.4 is 18.7 Å². The average molecular weight is 564 g/mol. The van der Waals surface area contributed by atoms with Crippen LogP contribution in [0.15, 0.2) is 71.6 Å². The molecule has 0 aromatic heterocycles. The Morgan fingerprint density at radius 3 is 2.16 bits per heavy atom. The molecule has 1 aliphatic rings. The van der Waals surface area contributed by atoms with Crippen LogP contribution in [0.25, 0.3) is 0 Å². The van der Waals surface area contributed by atoms with Crippen molar-refractivity contribution in [3.8, 4) is 11.5 Å². The summed E-state index contributed by atoms with van der Waals surface area (Å²) in [6.45, 7) is 1.76. The van der Waals surface area contributed by atoms with Gasteiger partial charge in [0.2, 0.25) is 5.91 Å². The second kappa shape index (κ2) is 11.5. The quantitative estimate of drug-likeness (QED) is 0.400. The zero-order valence-electron chi connectivity index (χ0n) is 20.4. The van der Waals surface area contributed by atoms with Gasteiger partial charge in [-0.15, -0.1) is 0 Å². The minimum atomic E-state index is -4.13. The minimum absolute atomic E-state index is 0.0290. The summed E-state index contributed by atoms with van der Waals surface area (Å²) >= 11 is 12.2. The molecule has 196 valence electrons. The fourth-order valence-corrected chi connectivity index (χ4v) is 5.88. The highest BCUT2D eigenvalue weighted by Gasteiger charge is 2.31. The van der Waals surface area contributed by atoms with E-state index in [1.54, 1.807) is 29.2 Å². The van der Waals surface area contributed by atoms with Crippen molar-refractivity contribution in [1.82, 2.24) is 4.90 Å². The van der Waals surface area contributed by atoms with Gasteiger partial charge in [-0.3, -0.25) is 9.10 Å². The smallest absolute Gasteiger partial charge is 0.264 e. The molecule has 3 aromatic carbocycles. The summed E-state index contributed by atoms with van der Waals surface area (Å²) in [6, 6.07) is 18.2. The van der Waals surface area contributed by atoms with Gasteiger partial charge in [0, 0.05) is 48.0 Å². The zero-order valence-corrected chi connectivity index (χ0v) is 22.8. The molecule has 0 bridgehead atoms. The van der Waals surface area contributed by atoms with Gasteiger partial charge in [0.15, 0.2) is 11.5 Å². The van der Waals surface area contributed by atoms with Gasteiger partial charge in [-0.2, -0.15) is 0 Å². The number of halogens is 2. The molecular weight excluding hydrogens is 537 g/mol. The number of methoxy groups -OCH3 is 2. The van der Waals surface area contributed by atoms with E-state index in [4.69, 9.17) is 32.7 Å². The van der Waals surface area contributed by atoms with Gasteiger partial charge in [-0.1, -0.05) is 29.3 Å². The van der Waals surface area contributed by atoms with Gasteiger partial charge in [0.05, 0.1) is 24.8 Å². The highest BCUT2D eigenvalue weighted by molar-refractivity contribution is 7.92. The summed E-state index contributed by atoms with van der Waals surface area (Å²) in [7, 11) is -1.24. The number of ether oxygens (including phenoxy) is 2. The highest BCUT2D eigenvalue weighted by atomic mass is 35.5. The number of carbonyl (C=O) groups excluding carboxylic acids is 1. The molecular formula is C26H27Cl2N3O5S. The molecule has 0 N–H and O–H groups in total. The number of benzene rings is 3. The van der Waals surface area contributed by atoms with E-state index in [1.165, 1.54) is 32.4 Å². The molecule has 37 heavy (non-hydrogen) atoms. The number of hydrogen-bond acceptors (Lipinski definition) is 6. The molecule has 1 fully saturated rings. The first kappa shape index (κ1) is 26.9. The number of carbonyl (C=O) groups is 1. The Labute approximate surface area is 226 Å². The van der Waals surface area contributed by atoms with E-state index in [9.17, 15) is 13.2 Å². The van der Waals surface area contributed by atoms with Crippen LogP contribution in [0.5, 0.6) is 11.5 Å². The maximum absolute atomic E-state index is 13.8. The van der Waals surface area contributed by atoms with Crippen molar-refractivity contribution in [3.63, 3.8) is 0 Å². The molecule has 0 atom stereocenters. The largest absolute Gasteiger partial charge is 0.493 e. The molecule has 0 unspecified atom stereocenters. The fraction of sp³-hybridized carbons (Fsp3) is 0.269. The lowest BCUT2D eigenvalue weighted by Crippen LogP contribution is -2.52. The van der Waals surface area contributed by atoms with Crippen molar-refractivity contribution in [2.45, 2.75) is 4.90 Å². The van der Waals surface area contributed by atoms with Crippen LogP contribution >= 0.6 is 23.2 Å². The first-order chi connectivity index (χ1) is 17.7. The summed E-state index contributed by atoms with van der Waals surface area (Å²) in [4.78, 5) is 17.1. The number of piperazine rings is 1. The van der Waals surface area contributed by atoms with Crippen LogP contribution in [0, 0.1) is 0 Å². The molecule has 0 radical (unpaired) electrons. The van der Waals surface area contributed by atoms with Crippen molar-refractivity contribution < 1.29 is 22.7 Å². The van der Waals surface area contributed by atoms with Crippen LogP contribution in [0.3, 0.4) is 0 Å². The lowest BCUT2D eigenvalue weighted by molar-refractivity contribution is -0.129. The van der Waals surface area contributed by atoms with Crippen LogP contribution in [-0.4, -0.2) is 66.2 Å². The van der Waals surface area contributed by atoms with E-state index in [-0.39, 0.29) is 23.1 Å². The SMILES string of the molecule is COc1ccc(S(=O)(=O)N(CC(=O)N2CCN(c3cccc(Cl)c3)CC2)c2ccc(Cl)cc2)cc1OC. The lowest BCUT2D eigenvalue weighted by atomic mass is 10.2. The van der Waals surface area contributed by atoms with Crippen LogP contribution in [0.4, 0.5) is 11.4 Å². The Kier molecular flexibility index (Phi) is 8.36. The molecule has 0 aliphatic carbocycles. The molecule has 3 aromatic rings. The second-order valence-electron chi connectivity index (χ2n) is 8.35. The Morgan fingerprint density at radius 1 is 0.865 bits per heavy atom. The maximum Gasteiger partial charge on any atom is 0.264 e. The van der Waals surface area contributed by atoms with Crippen LogP contribution in [0.2, 0.25) is 10.0 Å². The van der Waals surface area contributed by atoms with E-state index in [0.717, 1.165) is 9.99 Å². The van der Waals surface area contributed by atoms with Crippen LogP contribution in [-0.2, 0) is 14.8 Å². The molecule has 11 heteroatoms. The first-order valence-electron chi connectivity index (χ1n) is 11.5. The monoisotopic (exact) mass is 563 g/mol. The van der Waals surface area contributed by atoms with E-state index in [1.807, 2.05) is 24.3 Å². The Hall–Kier alpha value is -3.14. The Morgan fingerprint density at radius 2 is 1.54 bits per heavy atom. The molecule has 1 amide bonds. The molecule has 4 rings (SSSR count). The predicted octanol–water partition coefficient (Wildman–Crippen LogP) is 4.55. The highest BCUT2D eigenvalue weighted by Crippen LogP contribution is 2.32. The normalized spacial score (nSPS) is 13.8. The molecule has 8 nitrogen and oxygen atoms in total. The summed E-state index contributed by atoms with van der Waals surface area (Å²) in [5.41, 5.74) is 1.31. The molecule has 1 heterocycles. The van der Waals surface area contributed by atoms with E-state index in [2.05, 4.69) is 4.90 Å². The summed E-state index contributed by atoms with van der Waals surface area (Å²) in [5, 5.41) is 1.10. The third-order valence-electron chi connectivity index (χ3n) is 6.14. The van der Waals surface area contributed by atoms with Gasteiger partial charge in [-0.25, -0.2) is 8.42 Å². The fourth-order valence-electron chi connectivity index (χ4n) is 4.14. The number of amides is 1. The number of rotatable bonds is 8. The van der Waals surface area contributed by atoms with Crippen molar-refractivity contribution in [3.05, 3.63) is 76.8 Å². The Bertz CT molecular complexity index is 1360. The van der Waals surface area contributed by atoms with Gasteiger partial charge in [0.25, 0.3) is 10.0 Å². The predicted molar refractivity (Wildman–Crippen MR) is 146 cm³/mol. The number of anilines is 2. The molecule has 0 spiro atoms. The van der Waals surface area contributed by atoms with E-state index in [0.29, 0.717) is 47.7 Å². The third-order valence-corrected chi connectivity index (χ3v) is 8.40. The molecule has 1 saturated heterocycles. The zero-order chi connectivity index (χ0) is 26.6. The van der Waals surface area contributed by atoms with Crippen molar-refractivity contribution in [2.24, 2.45) is 0 Å². The summed E-state index contributed by atoms with van der Waals surface area (Å²) < 4.78 is 39.2. The summed E-state index contributed by atoms with van der Waals surface area (Å²) in [5.74, 6) is 0.362. The third kappa shape index (κ3) is 6.06. The number of nitrogens with zero attached hydrogens (tertiary/aromatic N) is 3. The van der Waals surface area contributed by atoms with Gasteiger partial charge < -0.3 is 19.3 Å². The Balaban J connectivity index is 1.57. The second-order valence-corrected chi connectivity index (χ2v) is 11.1. The lowest BCUT2D eigenvalue weighted by Gasteiger charge is -2.37. The number of sulfonamides is 1. The van der Waals surface area contributed by atoms with Crippen molar-refractivity contribution in [2.75, 3.05) is 56.1 Å². The minimum Gasteiger partial charge on any atom is -0.493 e. The molecule has 1 aliphatic heterocycles. The summed E-state index contributed by atoms with van der Waals surface area (Å²) in [6.07, 6.45) is 0. The first-order valence-corrected chi connectivity index (χ1v) is 13.7. The van der Waals surface area contributed by atoms with Crippen molar-refractivity contribution >= 4 is 50.5 Å². The number of hydrogen-bond donors (Lipinski definition) is 0. The standard InChI is InChI=1S/C26H27Cl2N3O5S/c1-35-24-11-10-23(17-25(24)36-2)37(33,34)31(21-8-6-19(27)7-9-21)18-26(32)30-14-12-29(13-15-30)22-5-3-4-20(28)16-22/h3-11,16-17H,12-15,18H2,1-2H3. The maximum atomic E-state index is 13.8. The van der Waals surface area contributed by atoms with Crippen LogP contribution in [0.1, 0.15) is 0 Å². The molecule has 0 saturated carbocycles. The van der Waals surface area contributed by atoms with E-state index < -0.39 is 10.0 Å². The average Bonchev–Trinajstić information content (AvgIpc) is 2.91. The van der Waals surface area contributed by atoms with Crippen molar-refractivity contribution in [1.29, 1.82) is 0 Å². The topological polar surface area (TPSA) is 79.4 Å².